The van der Waals surface area contributed by atoms with E-state index in [1.807, 2.05) is 0 Å². The summed E-state index contributed by atoms with van der Waals surface area (Å²) in [6.45, 7) is 2.08. The Balaban J connectivity index is 2.18. The Morgan fingerprint density at radius 2 is 2.00 bits per heavy atom. The number of hydrogen-bond donors (Lipinski definition) is 2. The van der Waals surface area contributed by atoms with Crippen LogP contribution in [0.4, 0.5) is 5.69 Å². The first-order valence-corrected chi connectivity index (χ1v) is 7.80. The maximum Gasteiger partial charge on any atom is 0.250 e. The van der Waals surface area contributed by atoms with Crippen LogP contribution in [-0.4, -0.2) is 16.5 Å². The van der Waals surface area contributed by atoms with Crippen molar-refractivity contribution >= 4 is 34.8 Å². The number of halogens is 2. The van der Waals surface area contributed by atoms with Gasteiger partial charge in [0.15, 0.2) is 0 Å². The predicted molar refractivity (Wildman–Crippen MR) is 93.2 cm³/mol. The molecule has 1 aromatic heterocycles. The lowest BCUT2D eigenvalue weighted by molar-refractivity contribution is -0.116. The average Bonchev–Trinajstić information content (AvgIpc) is 2.45. The van der Waals surface area contributed by atoms with Gasteiger partial charge < -0.3 is 15.6 Å². The highest BCUT2D eigenvalue weighted by molar-refractivity contribution is 6.42. The molecule has 5 nitrogen and oxygen atoms in total. The molecule has 1 unspecified atom stereocenters. The van der Waals surface area contributed by atoms with Gasteiger partial charge in [0.1, 0.15) is 0 Å². The maximum atomic E-state index is 12.0. The SMILES string of the molecule is CC(N)CC(=O)Nc1ccc(=O)n(Cc2ccc(Cl)c(Cl)c2)c1. The van der Waals surface area contributed by atoms with Crippen LogP contribution in [0, 0.1) is 0 Å². The van der Waals surface area contributed by atoms with Gasteiger partial charge in [0.2, 0.25) is 5.91 Å². The molecule has 23 heavy (non-hydrogen) atoms. The van der Waals surface area contributed by atoms with Gasteiger partial charge in [-0.15, -0.1) is 0 Å². The van der Waals surface area contributed by atoms with Crippen LogP contribution in [0.3, 0.4) is 0 Å². The molecule has 0 aliphatic carbocycles. The second-order valence-electron chi connectivity index (χ2n) is 5.36. The molecule has 1 amide bonds. The lowest BCUT2D eigenvalue weighted by Gasteiger charge is -2.11. The molecule has 0 saturated carbocycles. The monoisotopic (exact) mass is 353 g/mol. The normalized spacial score (nSPS) is 12.0. The summed E-state index contributed by atoms with van der Waals surface area (Å²) in [4.78, 5) is 23.7. The fraction of sp³-hybridized carbons (Fsp3) is 0.250. The first-order valence-electron chi connectivity index (χ1n) is 7.05. The van der Waals surface area contributed by atoms with Gasteiger partial charge in [0.25, 0.3) is 5.56 Å². The Labute approximate surface area is 144 Å². The quantitative estimate of drug-likeness (QED) is 0.867. The van der Waals surface area contributed by atoms with Gasteiger partial charge in [-0.2, -0.15) is 0 Å². The number of benzene rings is 1. The molecule has 1 heterocycles. The van der Waals surface area contributed by atoms with Crippen LogP contribution in [-0.2, 0) is 11.3 Å². The van der Waals surface area contributed by atoms with Gasteiger partial charge >= 0.3 is 0 Å². The molecule has 2 aromatic rings. The van der Waals surface area contributed by atoms with Crippen molar-refractivity contribution in [1.29, 1.82) is 0 Å². The summed E-state index contributed by atoms with van der Waals surface area (Å²) in [5, 5.41) is 3.61. The van der Waals surface area contributed by atoms with Crippen LogP contribution >= 0.6 is 23.2 Å². The Hall–Kier alpha value is -1.82. The first-order chi connectivity index (χ1) is 10.8. The lowest BCUT2D eigenvalue weighted by Crippen LogP contribution is -2.25. The summed E-state index contributed by atoms with van der Waals surface area (Å²) < 4.78 is 1.49. The molecule has 0 fully saturated rings. The lowest BCUT2D eigenvalue weighted by atomic mass is 10.2. The number of nitrogens with zero attached hydrogens (tertiary/aromatic N) is 1. The Morgan fingerprint density at radius 1 is 1.26 bits per heavy atom. The molecule has 0 spiro atoms. The minimum absolute atomic E-state index is 0.179. The van der Waals surface area contributed by atoms with Gasteiger partial charge in [-0.05, 0) is 30.7 Å². The zero-order valence-electron chi connectivity index (χ0n) is 12.6. The van der Waals surface area contributed by atoms with Crippen molar-refractivity contribution in [2.24, 2.45) is 5.73 Å². The molecule has 0 radical (unpaired) electrons. The van der Waals surface area contributed by atoms with E-state index < -0.39 is 0 Å². The maximum absolute atomic E-state index is 12.0. The van der Waals surface area contributed by atoms with Crippen molar-refractivity contribution in [2.75, 3.05) is 5.32 Å². The number of rotatable bonds is 5. The number of amides is 1. The number of anilines is 1. The van der Waals surface area contributed by atoms with E-state index in [1.165, 1.54) is 10.6 Å². The number of pyridine rings is 1. The Kier molecular flexibility index (Phi) is 5.82. The molecule has 0 aliphatic rings. The van der Waals surface area contributed by atoms with Gasteiger partial charge in [-0.25, -0.2) is 0 Å². The highest BCUT2D eigenvalue weighted by Crippen LogP contribution is 2.22. The Morgan fingerprint density at radius 3 is 2.65 bits per heavy atom. The van der Waals surface area contributed by atoms with E-state index >= 15 is 0 Å². The van der Waals surface area contributed by atoms with E-state index in [2.05, 4.69) is 5.32 Å². The summed E-state index contributed by atoms with van der Waals surface area (Å²) >= 11 is 11.9. The number of hydrogen-bond acceptors (Lipinski definition) is 3. The smallest absolute Gasteiger partial charge is 0.250 e. The molecular formula is C16H17Cl2N3O2. The molecule has 122 valence electrons. The number of aromatic nitrogens is 1. The molecule has 0 aliphatic heterocycles. The summed E-state index contributed by atoms with van der Waals surface area (Å²) in [7, 11) is 0. The molecule has 3 N–H and O–H groups in total. The van der Waals surface area contributed by atoms with Crippen molar-refractivity contribution in [3.8, 4) is 0 Å². The van der Waals surface area contributed by atoms with Gasteiger partial charge in [0, 0.05) is 24.7 Å². The average molecular weight is 354 g/mol. The molecule has 0 bridgehead atoms. The number of nitrogens with two attached hydrogens (primary N) is 1. The van der Waals surface area contributed by atoms with E-state index in [4.69, 9.17) is 28.9 Å². The largest absolute Gasteiger partial charge is 0.327 e. The fourth-order valence-corrected chi connectivity index (χ4v) is 2.39. The summed E-state index contributed by atoms with van der Waals surface area (Å²) in [6.07, 6.45) is 1.80. The Bertz CT molecular complexity index is 772. The summed E-state index contributed by atoms with van der Waals surface area (Å²) in [5.41, 5.74) is 6.78. The molecular weight excluding hydrogens is 337 g/mol. The number of carbonyl (C=O) groups is 1. The van der Waals surface area contributed by atoms with Gasteiger partial charge in [-0.1, -0.05) is 29.3 Å². The zero-order chi connectivity index (χ0) is 17.0. The third-order valence-corrected chi connectivity index (χ3v) is 3.85. The highest BCUT2D eigenvalue weighted by atomic mass is 35.5. The van der Waals surface area contributed by atoms with Crippen LogP contribution in [0.5, 0.6) is 0 Å². The van der Waals surface area contributed by atoms with Crippen molar-refractivity contribution in [3.05, 3.63) is 62.5 Å². The van der Waals surface area contributed by atoms with Gasteiger partial charge in [0.05, 0.1) is 22.3 Å². The highest BCUT2D eigenvalue weighted by Gasteiger charge is 2.07. The van der Waals surface area contributed by atoms with Crippen molar-refractivity contribution < 1.29 is 4.79 Å². The molecule has 1 atom stereocenters. The van der Waals surface area contributed by atoms with E-state index in [1.54, 1.807) is 37.4 Å². The predicted octanol–water partition coefficient (Wildman–Crippen LogP) is 2.88. The number of nitrogens with one attached hydrogen (secondary N) is 1. The van der Waals surface area contributed by atoms with Crippen LogP contribution in [0.15, 0.2) is 41.3 Å². The van der Waals surface area contributed by atoms with Crippen LogP contribution < -0.4 is 16.6 Å². The fourth-order valence-electron chi connectivity index (χ4n) is 2.07. The van der Waals surface area contributed by atoms with Gasteiger partial charge in [-0.3, -0.25) is 9.59 Å². The van der Waals surface area contributed by atoms with Crippen LogP contribution in [0.2, 0.25) is 10.0 Å². The minimum atomic E-state index is -0.225. The summed E-state index contributed by atoms with van der Waals surface area (Å²) in [5.74, 6) is -0.195. The van der Waals surface area contributed by atoms with Crippen molar-refractivity contribution in [2.45, 2.75) is 25.9 Å². The summed E-state index contributed by atoms with van der Waals surface area (Å²) in [6, 6.07) is 7.92. The van der Waals surface area contributed by atoms with Crippen LogP contribution in [0.1, 0.15) is 18.9 Å². The van der Waals surface area contributed by atoms with E-state index in [9.17, 15) is 9.59 Å². The second-order valence-corrected chi connectivity index (χ2v) is 6.18. The van der Waals surface area contributed by atoms with Crippen LogP contribution in [0.25, 0.3) is 0 Å². The topological polar surface area (TPSA) is 77.1 Å². The third kappa shape index (κ3) is 5.10. The standard InChI is InChI=1S/C16H17Cl2N3O2/c1-10(19)6-15(22)20-12-3-5-16(23)21(9-12)8-11-2-4-13(17)14(18)7-11/h2-5,7,9-10H,6,8,19H2,1H3,(H,20,22). The first kappa shape index (κ1) is 17.5. The van der Waals surface area contributed by atoms with Crippen molar-refractivity contribution in [3.63, 3.8) is 0 Å². The second kappa shape index (κ2) is 7.64. The van der Waals surface area contributed by atoms with E-state index in [0.717, 1.165) is 5.56 Å². The molecule has 1 aromatic carbocycles. The molecule has 2 rings (SSSR count). The molecule has 7 heteroatoms. The minimum Gasteiger partial charge on any atom is -0.327 e. The van der Waals surface area contributed by atoms with E-state index in [0.29, 0.717) is 22.3 Å². The van der Waals surface area contributed by atoms with Crippen molar-refractivity contribution in [1.82, 2.24) is 4.57 Å². The van der Waals surface area contributed by atoms with E-state index in [-0.39, 0.29) is 23.9 Å². The molecule has 0 saturated heterocycles. The third-order valence-electron chi connectivity index (χ3n) is 3.11. The zero-order valence-corrected chi connectivity index (χ0v) is 14.1. The number of carbonyl (C=O) groups excluding carboxylic acids is 1.